The highest BCUT2D eigenvalue weighted by Gasteiger charge is 2.27. The van der Waals surface area contributed by atoms with Crippen molar-refractivity contribution >= 4 is 45.7 Å². The van der Waals surface area contributed by atoms with E-state index in [0.29, 0.717) is 23.2 Å². The molecule has 0 fully saturated rings. The van der Waals surface area contributed by atoms with Gasteiger partial charge in [-0.25, -0.2) is 0 Å². The zero-order chi connectivity index (χ0) is 15.5. The van der Waals surface area contributed by atoms with Crippen LogP contribution in [-0.4, -0.2) is 28.5 Å². The van der Waals surface area contributed by atoms with E-state index in [-0.39, 0.29) is 11.8 Å². The van der Waals surface area contributed by atoms with Gasteiger partial charge in [-0.3, -0.25) is 4.79 Å². The summed E-state index contributed by atoms with van der Waals surface area (Å²) in [6, 6.07) is 5.47. The van der Waals surface area contributed by atoms with E-state index in [9.17, 15) is 4.79 Å². The Balaban J connectivity index is 1.65. The number of carbonyl (C=O) groups excluding carboxylic acids is 1. The lowest BCUT2D eigenvalue weighted by Gasteiger charge is -2.24. The second kappa shape index (κ2) is 6.85. The standard InChI is InChI=1S/C14H14ClN3O2S2/c1-2-21-14-18-17-13(22-14)16-12(19)9-5-8-6-10(15)3-4-11(8)20-7-9/h3-4,6,9H,2,5,7H2,1H3,(H,16,17,19)/t9-/m0/s1. The van der Waals surface area contributed by atoms with E-state index in [1.165, 1.54) is 11.3 Å². The normalized spacial score (nSPS) is 16.7. The summed E-state index contributed by atoms with van der Waals surface area (Å²) in [6.07, 6.45) is 0.608. The van der Waals surface area contributed by atoms with Crippen molar-refractivity contribution in [3.8, 4) is 5.75 Å². The van der Waals surface area contributed by atoms with Crippen LogP contribution in [0.25, 0.3) is 0 Å². The van der Waals surface area contributed by atoms with Crippen LogP contribution in [0.15, 0.2) is 22.5 Å². The number of thioether (sulfide) groups is 1. The van der Waals surface area contributed by atoms with Gasteiger partial charge in [0.2, 0.25) is 11.0 Å². The zero-order valence-corrected chi connectivity index (χ0v) is 14.2. The Labute approximate surface area is 141 Å². The predicted molar refractivity (Wildman–Crippen MR) is 89.1 cm³/mol. The van der Waals surface area contributed by atoms with Crippen molar-refractivity contribution in [3.05, 3.63) is 28.8 Å². The molecule has 1 aliphatic rings. The summed E-state index contributed by atoms with van der Waals surface area (Å²) in [7, 11) is 0. The molecule has 1 aliphatic heterocycles. The molecule has 0 radical (unpaired) electrons. The van der Waals surface area contributed by atoms with Gasteiger partial charge >= 0.3 is 0 Å². The summed E-state index contributed by atoms with van der Waals surface area (Å²) in [6.45, 7) is 2.40. The Hall–Kier alpha value is -1.31. The molecule has 8 heteroatoms. The molecule has 1 amide bonds. The largest absolute Gasteiger partial charge is 0.492 e. The smallest absolute Gasteiger partial charge is 0.233 e. The zero-order valence-electron chi connectivity index (χ0n) is 11.8. The fourth-order valence-corrected chi connectivity index (χ4v) is 4.03. The van der Waals surface area contributed by atoms with Crippen molar-refractivity contribution < 1.29 is 9.53 Å². The first kappa shape index (κ1) is 15.6. The predicted octanol–water partition coefficient (Wildman–Crippen LogP) is 3.49. The maximum atomic E-state index is 12.3. The van der Waals surface area contributed by atoms with E-state index in [1.807, 2.05) is 19.1 Å². The van der Waals surface area contributed by atoms with Crippen LogP contribution in [0.1, 0.15) is 12.5 Å². The number of hydrogen-bond donors (Lipinski definition) is 1. The molecular formula is C14H14ClN3O2S2. The molecule has 3 rings (SSSR count). The highest BCUT2D eigenvalue weighted by Crippen LogP contribution is 2.31. The Kier molecular flexibility index (Phi) is 4.85. The molecule has 0 bridgehead atoms. The first-order valence-electron chi connectivity index (χ1n) is 6.84. The van der Waals surface area contributed by atoms with Crippen LogP contribution in [0, 0.1) is 5.92 Å². The minimum Gasteiger partial charge on any atom is -0.492 e. The molecule has 1 atom stereocenters. The third kappa shape index (κ3) is 3.53. The molecule has 1 aromatic carbocycles. The summed E-state index contributed by atoms with van der Waals surface area (Å²) in [5, 5.41) is 12.0. The number of nitrogens with one attached hydrogen (secondary N) is 1. The van der Waals surface area contributed by atoms with Crippen molar-refractivity contribution in [1.82, 2.24) is 10.2 Å². The Morgan fingerprint density at radius 2 is 2.41 bits per heavy atom. The molecule has 0 spiro atoms. The molecule has 116 valence electrons. The van der Waals surface area contributed by atoms with E-state index in [0.717, 1.165) is 21.4 Å². The Morgan fingerprint density at radius 1 is 1.55 bits per heavy atom. The van der Waals surface area contributed by atoms with Gasteiger partial charge in [-0.05, 0) is 35.9 Å². The number of halogens is 1. The van der Waals surface area contributed by atoms with Crippen LogP contribution in [0.4, 0.5) is 5.13 Å². The summed E-state index contributed by atoms with van der Waals surface area (Å²) in [5.41, 5.74) is 0.957. The van der Waals surface area contributed by atoms with Crippen molar-refractivity contribution in [1.29, 1.82) is 0 Å². The third-order valence-corrected chi connectivity index (χ3v) is 5.29. The lowest BCUT2D eigenvalue weighted by Crippen LogP contribution is -2.32. The minimum absolute atomic E-state index is 0.102. The van der Waals surface area contributed by atoms with Crippen LogP contribution in [0.3, 0.4) is 0 Å². The number of hydrogen-bond acceptors (Lipinski definition) is 6. The average Bonchev–Trinajstić information content (AvgIpc) is 2.94. The van der Waals surface area contributed by atoms with E-state index in [2.05, 4.69) is 15.5 Å². The van der Waals surface area contributed by atoms with Crippen LogP contribution < -0.4 is 10.1 Å². The monoisotopic (exact) mass is 355 g/mol. The molecule has 2 heterocycles. The molecule has 0 aliphatic carbocycles. The summed E-state index contributed by atoms with van der Waals surface area (Å²) in [4.78, 5) is 12.3. The SMILES string of the molecule is CCSc1nnc(NC(=O)[C@@H]2COc3ccc(Cl)cc3C2)s1. The van der Waals surface area contributed by atoms with Gasteiger partial charge in [0.25, 0.3) is 0 Å². The van der Waals surface area contributed by atoms with Gasteiger partial charge in [-0.2, -0.15) is 0 Å². The lowest BCUT2D eigenvalue weighted by molar-refractivity contribution is -0.121. The van der Waals surface area contributed by atoms with Crippen LogP contribution in [-0.2, 0) is 11.2 Å². The average molecular weight is 356 g/mol. The fraction of sp³-hybridized carbons (Fsp3) is 0.357. The molecule has 0 saturated carbocycles. The first-order valence-corrected chi connectivity index (χ1v) is 9.02. The number of carbonyl (C=O) groups is 1. The van der Waals surface area contributed by atoms with Crippen molar-refractivity contribution in [3.63, 3.8) is 0 Å². The van der Waals surface area contributed by atoms with Gasteiger partial charge in [0.15, 0.2) is 4.34 Å². The Morgan fingerprint density at radius 3 is 3.23 bits per heavy atom. The van der Waals surface area contributed by atoms with Crippen LogP contribution in [0.2, 0.25) is 5.02 Å². The lowest BCUT2D eigenvalue weighted by atomic mass is 9.96. The highest BCUT2D eigenvalue weighted by atomic mass is 35.5. The van der Waals surface area contributed by atoms with Crippen LogP contribution in [0.5, 0.6) is 5.75 Å². The second-order valence-corrected chi connectivity index (χ2v) is 7.68. The van der Waals surface area contributed by atoms with Crippen molar-refractivity contribution in [2.75, 3.05) is 17.7 Å². The summed E-state index contributed by atoms with van der Waals surface area (Å²) >= 11 is 8.98. The van der Waals surface area contributed by atoms with Gasteiger partial charge in [0.1, 0.15) is 12.4 Å². The van der Waals surface area contributed by atoms with Crippen molar-refractivity contribution in [2.45, 2.75) is 17.7 Å². The van der Waals surface area contributed by atoms with E-state index in [1.54, 1.807) is 17.8 Å². The van der Waals surface area contributed by atoms with Gasteiger partial charge in [-0.15, -0.1) is 10.2 Å². The first-order chi connectivity index (χ1) is 10.7. The van der Waals surface area contributed by atoms with Gasteiger partial charge in [-0.1, -0.05) is 41.6 Å². The third-order valence-electron chi connectivity index (χ3n) is 3.20. The number of nitrogens with zero attached hydrogens (tertiary/aromatic N) is 2. The summed E-state index contributed by atoms with van der Waals surface area (Å²) < 4.78 is 6.49. The van der Waals surface area contributed by atoms with Crippen LogP contribution >= 0.6 is 34.7 Å². The number of benzene rings is 1. The molecule has 0 saturated heterocycles. The number of amides is 1. The number of anilines is 1. The van der Waals surface area contributed by atoms with E-state index < -0.39 is 0 Å². The van der Waals surface area contributed by atoms with Gasteiger partial charge < -0.3 is 10.1 Å². The number of aromatic nitrogens is 2. The maximum Gasteiger partial charge on any atom is 0.233 e. The van der Waals surface area contributed by atoms with Gasteiger partial charge in [0, 0.05) is 5.02 Å². The number of fused-ring (bicyclic) bond motifs is 1. The molecule has 2 aromatic rings. The minimum atomic E-state index is -0.253. The summed E-state index contributed by atoms with van der Waals surface area (Å²) in [5.74, 6) is 1.37. The highest BCUT2D eigenvalue weighted by molar-refractivity contribution is 8.01. The molecule has 1 aromatic heterocycles. The molecule has 5 nitrogen and oxygen atoms in total. The van der Waals surface area contributed by atoms with Crippen molar-refractivity contribution in [2.24, 2.45) is 5.92 Å². The number of ether oxygens (including phenoxy) is 1. The Bertz CT molecular complexity index is 692. The quantitative estimate of drug-likeness (QED) is 0.671. The number of rotatable bonds is 4. The molecule has 1 N–H and O–H groups in total. The fourth-order valence-electron chi connectivity index (χ4n) is 2.18. The van der Waals surface area contributed by atoms with E-state index >= 15 is 0 Å². The molecule has 22 heavy (non-hydrogen) atoms. The second-order valence-electron chi connectivity index (χ2n) is 4.76. The topological polar surface area (TPSA) is 64.1 Å². The van der Waals surface area contributed by atoms with E-state index in [4.69, 9.17) is 16.3 Å². The molecular weight excluding hydrogens is 342 g/mol. The molecule has 0 unspecified atom stereocenters. The maximum absolute atomic E-state index is 12.3. The van der Waals surface area contributed by atoms with Gasteiger partial charge in [0.05, 0.1) is 5.92 Å².